The molecule has 0 fully saturated rings. The highest BCUT2D eigenvalue weighted by Crippen LogP contribution is 2.32. The molecule has 0 N–H and O–H groups in total. The number of nitrogens with zero attached hydrogens (tertiary/aromatic N) is 3. The van der Waals surface area contributed by atoms with Gasteiger partial charge in [0.15, 0.2) is 0 Å². The topological polar surface area (TPSA) is 45.6 Å². The van der Waals surface area contributed by atoms with E-state index in [0.29, 0.717) is 13.1 Å². The molecule has 6 heteroatoms. The van der Waals surface area contributed by atoms with Crippen molar-refractivity contribution in [1.29, 1.82) is 0 Å². The van der Waals surface area contributed by atoms with Gasteiger partial charge in [-0.05, 0) is 49.7 Å². The van der Waals surface area contributed by atoms with Crippen LogP contribution >= 0.6 is 0 Å². The van der Waals surface area contributed by atoms with E-state index in [1.807, 2.05) is 67.4 Å². The van der Waals surface area contributed by atoms with Gasteiger partial charge in [0.2, 0.25) is 5.91 Å². The first-order chi connectivity index (χ1) is 15.0. The molecule has 1 aromatic heterocycles. The molecule has 1 aliphatic rings. The zero-order valence-corrected chi connectivity index (χ0v) is 17.7. The van der Waals surface area contributed by atoms with Gasteiger partial charge in [0.05, 0.1) is 6.04 Å². The third kappa shape index (κ3) is 4.24. The van der Waals surface area contributed by atoms with Gasteiger partial charge in [-0.1, -0.05) is 36.4 Å². The molecule has 0 saturated heterocycles. The van der Waals surface area contributed by atoms with Crippen molar-refractivity contribution >= 4 is 11.8 Å². The highest BCUT2D eigenvalue weighted by molar-refractivity contribution is 5.96. The molecule has 2 amide bonds. The first kappa shape index (κ1) is 20.8. The van der Waals surface area contributed by atoms with Crippen molar-refractivity contribution in [3.63, 3.8) is 0 Å². The van der Waals surface area contributed by atoms with Crippen molar-refractivity contribution < 1.29 is 14.0 Å². The van der Waals surface area contributed by atoms with E-state index in [0.717, 1.165) is 11.3 Å². The number of carbonyl (C=O) groups is 2. The van der Waals surface area contributed by atoms with E-state index in [9.17, 15) is 14.0 Å². The van der Waals surface area contributed by atoms with Crippen LogP contribution in [0, 0.1) is 5.82 Å². The van der Waals surface area contributed by atoms with Crippen LogP contribution in [0.1, 0.15) is 41.5 Å². The van der Waals surface area contributed by atoms with E-state index < -0.39 is 5.82 Å². The van der Waals surface area contributed by atoms with E-state index in [1.165, 1.54) is 23.1 Å². The van der Waals surface area contributed by atoms with Gasteiger partial charge >= 0.3 is 0 Å². The lowest BCUT2D eigenvalue weighted by Gasteiger charge is -2.39. The highest BCUT2D eigenvalue weighted by Gasteiger charge is 2.34. The minimum Gasteiger partial charge on any atom is -0.348 e. The molecule has 3 aromatic rings. The smallest absolute Gasteiger partial charge is 0.254 e. The summed E-state index contributed by atoms with van der Waals surface area (Å²) in [5.41, 5.74) is 2.33. The van der Waals surface area contributed by atoms with Crippen LogP contribution in [0.4, 0.5) is 4.39 Å². The summed E-state index contributed by atoms with van der Waals surface area (Å²) < 4.78 is 15.8. The minimum atomic E-state index is -0.471. The molecule has 2 aromatic carbocycles. The van der Waals surface area contributed by atoms with Crippen molar-refractivity contribution in [3.05, 3.63) is 95.6 Å². The number of hydrogen-bond donors (Lipinski definition) is 0. The highest BCUT2D eigenvalue weighted by atomic mass is 19.1. The van der Waals surface area contributed by atoms with Crippen molar-refractivity contribution in [2.24, 2.45) is 0 Å². The molecule has 1 unspecified atom stereocenters. The van der Waals surface area contributed by atoms with Crippen LogP contribution in [-0.2, 0) is 11.3 Å². The second-order valence-corrected chi connectivity index (χ2v) is 8.06. The van der Waals surface area contributed by atoms with Crippen molar-refractivity contribution in [3.8, 4) is 0 Å². The monoisotopic (exact) mass is 419 g/mol. The number of carbonyl (C=O) groups excluding carboxylic acids is 2. The summed E-state index contributed by atoms with van der Waals surface area (Å²) in [5.74, 6) is -0.943. The van der Waals surface area contributed by atoms with Crippen LogP contribution in [0.5, 0.6) is 0 Å². The zero-order chi connectivity index (χ0) is 22.0. The predicted molar refractivity (Wildman–Crippen MR) is 117 cm³/mol. The van der Waals surface area contributed by atoms with E-state index in [4.69, 9.17) is 0 Å². The Balaban J connectivity index is 1.62. The lowest BCUT2D eigenvalue weighted by atomic mass is 9.99. The molecule has 0 bridgehead atoms. The van der Waals surface area contributed by atoms with Gasteiger partial charge < -0.3 is 14.4 Å². The Morgan fingerprint density at radius 1 is 1.03 bits per heavy atom. The van der Waals surface area contributed by atoms with Crippen molar-refractivity contribution in [2.75, 3.05) is 13.1 Å². The molecule has 0 spiro atoms. The van der Waals surface area contributed by atoms with Gasteiger partial charge in [-0.25, -0.2) is 4.39 Å². The maximum Gasteiger partial charge on any atom is 0.254 e. The fourth-order valence-electron chi connectivity index (χ4n) is 4.15. The van der Waals surface area contributed by atoms with Crippen LogP contribution in [-0.4, -0.2) is 45.3 Å². The Labute approximate surface area is 181 Å². The Morgan fingerprint density at radius 2 is 1.81 bits per heavy atom. The molecule has 2 heterocycles. The van der Waals surface area contributed by atoms with Crippen LogP contribution < -0.4 is 0 Å². The summed E-state index contributed by atoms with van der Waals surface area (Å²) in [6.07, 6.45) is 2.03. The minimum absolute atomic E-state index is 0.0585. The summed E-state index contributed by atoms with van der Waals surface area (Å²) >= 11 is 0. The average Bonchev–Trinajstić information content (AvgIpc) is 3.25. The van der Waals surface area contributed by atoms with E-state index in [2.05, 4.69) is 4.57 Å². The van der Waals surface area contributed by atoms with Gasteiger partial charge in [0.25, 0.3) is 5.91 Å². The summed E-state index contributed by atoms with van der Waals surface area (Å²) in [6.45, 7) is 4.93. The van der Waals surface area contributed by atoms with E-state index >= 15 is 0 Å². The summed E-state index contributed by atoms with van der Waals surface area (Å²) in [5, 5.41) is 0. The van der Waals surface area contributed by atoms with Gasteiger partial charge in [0, 0.05) is 36.6 Å². The maximum absolute atomic E-state index is 13.6. The molecule has 5 nitrogen and oxygen atoms in total. The molecular formula is C25H26FN3O2. The average molecular weight is 420 g/mol. The molecule has 31 heavy (non-hydrogen) atoms. The summed E-state index contributed by atoms with van der Waals surface area (Å²) in [7, 11) is 0. The molecule has 160 valence electrons. The number of aromatic nitrogens is 1. The predicted octanol–water partition coefficient (Wildman–Crippen LogP) is 4.11. The molecule has 4 rings (SSSR count). The summed E-state index contributed by atoms with van der Waals surface area (Å²) in [6, 6.07) is 19.1. The standard InChI is InChI=1S/C25H26FN3O2/c1-18(2)29(25(31)20-10-6-11-21(26)16-20)17-23(30)28-15-14-27-13-7-12-22(27)24(28)19-8-4-3-5-9-19/h3-13,16,18,24H,14-15,17H2,1-2H3. The zero-order valence-electron chi connectivity index (χ0n) is 17.7. The van der Waals surface area contributed by atoms with Gasteiger partial charge in [-0.3, -0.25) is 9.59 Å². The normalized spacial score (nSPS) is 15.6. The largest absolute Gasteiger partial charge is 0.348 e. The van der Waals surface area contributed by atoms with Gasteiger partial charge in [-0.15, -0.1) is 0 Å². The van der Waals surface area contributed by atoms with Crippen LogP contribution in [0.2, 0.25) is 0 Å². The number of rotatable bonds is 5. The van der Waals surface area contributed by atoms with Crippen LogP contribution in [0.3, 0.4) is 0 Å². The fraction of sp³-hybridized carbons (Fsp3) is 0.280. The Hall–Kier alpha value is -3.41. The molecule has 0 radical (unpaired) electrons. The van der Waals surface area contributed by atoms with Gasteiger partial charge in [-0.2, -0.15) is 0 Å². The van der Waals surface area contributed by atoms with Crippen molar-refractivity contribution in [2.45, 2.75) is 32.5 Å². The van der Waals surface area contributed by atoms with Crippen LogP contribution in [0.15, 0.2) is 72.9 Å². The molecule has 0 saturated carbocycles. The first-order valence-electron chi connectivity index (χ1n) is 10.5. The molecule has 1 aliphatic heterocycles. The van der Waals surface area contributed by atoms with E-state index in [-0.39, 0.29) is 36.0 Å². The second kappa shape index (κ2) is 8.76. The Kier molecular flexibility index (Phi) is 5.89. The molecule has 1 atom stereocenters. The number of amides is 2. The fourth-order valence-corrected chi connectivity index (χ4v) is 4.15. The Morgan fingerprint density at radius 3 is 2.52 bits per heavy atom. The number of halogens is 1. The third-order valence-electron chi connectivity index (χ3n) is 5.74. The molecule has 0 aliphatic carbocycles. The van der Waals surface area contributed by atoms with Gasteiger partial charge in [0.1, 0.15) is 12.4 Å². The quantitative estimate of drug-likeness (QED) is 0.625. The summed E-state index contributed by atoms with van der Waals surface area (Å²) in [4.78, 5) is 29.9. The number of fused-ring (bicyclic) bond motifs is 1. The Bertz CT molecular complexity index is 1080. The van der Waals surface area contributed by atoms with Crippen LogP contribution in [0.25, 0.3) is 0 Å². The third-order valence-corrected chi connectivity index (χ3v) is 5.74. The lowest BCUT2D eigenvalue weighted by molar-refractivity contribution is -0.135. The van der Waals surface area contributed by atoms with Crippen molar-refractivity contribution in [1.82, 2.24) is 14.4 Å². The second-order valence-electron chi connectivity index (χ2n) is 8.06. The first-order valence-corrected chi connectivity index (χ1v) is 10.5. The SMILES string of the molecule is CC(C)N(CC(=O)N1CCn2cccc2C1c1ccccc1)C(=O)c1cccc(F)c1. The number of benzene rings is 2. The molecular weight excluding hydrogens is 393 g/mol. The number of hydrogen-bond acceptors (Lipinski definition) is 2. The lowest BCUT2D eigenvalue weighted by Crippen LogP contribution is -2.49. The maximum atomic E-state index is 13.6. The van der Waals surface area contributed by atoms with E-state index in [1.54, 1.807) is 6.07 Å².